The molecule has 3 aliphatic rings. The van der Waals surface area contributed by atoms with E-state index in [9.17, 15) is 9.90 Å². The Morgan fingerprint density at radius 2 is 2.14 bits per heavy atom. The van der Waals surface area contributed by atoms with Crippen LogP contribution in [-0.4, -0.2) is 34.0 Å². The van der Waals surface area contributed by atoms with Gasteiger partial charge in [-0.2, -0.15) is 0 Å². The van der Waals surface area contributed by atoms with E-state index in [0.717, 1.165) is 6.42 Å². The molecule has 5 atom stereocenters. The van der Waals surface area contributed by atoms with Crippen LogP contribution >= 0.6 is 0 Å². The Hall–Kier alpha value is -0.910. The summed E-state index contributed by atoms with van der Waals surface area (Å²) < 4.78 is 5.77. The van der Waals surface area contributed by atoms with Gasteiger partial charge in [0.15, 0.2) is 5.60 Å². The van der Waals surface area contributed by atoms with Crippen LogP contribution in [0.25, 0.3) is 0 Å². The number of esters is 1. The van der Waals surface area contributed by atoms with Gasteiger partial charge in [-0.05, 0) is 33.6 Å². The number of carbonyl (C=O) groups excluding carboxylic acids is 1. The molecule has 124 valence electrons. The van der Waals surface area contributed by atoms with Crippen LogP contribution in [0.5, 0.6) is 0 Å². The Morgan fingerprint density at radius 3 is 2.77 bits per heavy atom. The molecule has 22 heavy (non-hydrogen) atoms. The molecule has 0 aromatic rings. The minimum absolute atomic E-state index is 0.0645. The van der Waals surface area contributed by atoms with Crippen LogP contribution < -0.4 is 0 Å². The number of aliphatic hydroxyl groups is 1. The lowest BCUT2D eigenvalue weighted by Crippen LogP contribution is -2.53. The molecule has 0 amide bonds. The zero-order valence-electron chi connectivity index (χ0n) is 13.8. The molecule has 2 aliphatic carbocycles. The quantitative estimate of drug-likeness (QED) is 0.375. The molecular weight excluding hydrogens is 284 g/mol. The standard InChI is InChI=1S/C17H26O5/c1-5-11-14(18)20-17-9-7-6-8-12(17)13(10-16(11,17)19)21-22-15(2,3)4/h6-7,11-13,19H,5,8-10H2,1-4H3/t11?,12-,13-,16+,17-/m1/s1. The third kappa shape index (κ3) is 2.14. The summed E-state index contributed by atoms with van der Waals surface area (Å²) in [4.78, 5) is 23.4. The van der Waals surface area contributed by atoms with Gasteiger partial charge in [0.25, 0.3) is 0 Å². The summed E-state index contributed by atoms with van der Waals surface area (Å²) in [5, 5.41) is 11.3. The second kappa shape index (κ2) is 5.05. The molecule has 1 unspecified atom stereocenters. The van der Waals surface area contributed by atoms with Gasteiger partial charge in [-0.1, -0.05) is 19.1 Å². The van der Waals surface area contributed by atoms with Gasteiger partial charge in [0.05, 0.1) is 11.5 Å². The van der Waals surface area contributed by atoms with Gasteiger partial charge < -0.3 is 9.84 Å². The van der Waals surface area contributed by atoms with Crippen LogP contribution in [0.1, 0.15) is 53.4 Å². The van der Waals surface area contributed by atoms with E-state index < -0.39 is 22.7 Å². The molecule has 0 aromatic carbocycles. The van der Waals surface area contributed by atoms with Crippen molar-refractivity contribution in [1.29, 1.82) is 0 Å². The van der Waals surface area contributed by atoms with Gasteiger partial charge in [-0.3, -0.25) is 4.79 Å². The van der Waals surface area contributed by atoms with Crippen molar-refractivity contribution >= 4 is 5.97 Å². The van der Waals surface area contributed by atoms with Gasteiger partial charge >= 0.3 is 5.97 Å². The van der Waals surface area contributed by atoms with Gasteiger partial charge in [-0.25, -0.2) is 9.78 Å². The molecule has 5 heteroatoms. The van der Waals surface area contributed by atoms with Crippen molar-refractivity contribution in [2.45, 2.75) is 76.3 Å². The molecule has 1 heterocycles. The number of rotatable bonds is 3. The van der Waals surface area contributed by atoms with Gasteiger partial charge in [0.1, 0.15) is 11.7 Å². The fourth-order valence-corrected chi connectivity index (χ4v) is 4.31. The first-order valence-electron chi connectivity index (χ1n) is 8.18. The minimum atomic E-state index is -1.17. The highest BCUT2D eigenvalue weighted by atomic mass is 17.2. The number of ether oxygens (including phenoxy) is 1. The van der Waals surface area contributed by atoms with Crippen LogP contribution in [0.4, 0.5) is 0 Å². The molecule has 1 saturated heterocycles. The summed E-state index contributed by atoms with van der Waals surface area (Å²) in [5.41, 5.74) is -2.44. The van der Waals surface area contributed by atoms with Gasteiger partial charge in [0, 0.05) is 18.8 Å². The molecule has 0 radical (unpaired) electrons. The van der Waals surface area contributed by atoms with Crippen molar-refractivity contribution < 1.29 is 24.4 Å². The van der Waals surface area contributed by atoms with E-state index in [0.29, 0.717) is 19.3 Å². The molecule has 2 fully saturated rings. The van der Waals surface area contributed by atoms with Crippen molar-refractivity contribution in [1.82, 2.24) is 0 Å². The molecule has 1 N–H and O–H groups in total. The van der Waals surface area contributed by atoms with E-state index in [2.05, 4.69) is 6.08 Å². The highest BCUT2D eigenvalue weighted by Gasteiger charge is 2.74. The summed E-state index contributed by atoms with van der Waals surface area (Å²) in [5.74, 6) is -0.824. The Labute approximate surface area is 131 Å². The maximum absolute atomic E-state index is 12.2. The van der Waals surface area contributed by atoms with E-state index in [1.54, 1.807) is 0 Å². The van der Waals surface area contributed by atoms with Crippen LogP contribution in [-0.2, 0) is 19.3 Å². The van der Waals surface area contributed by atoms with E-state index in [-0.39, 0.29) is 18.0 Å². The van der Waals surface area contributed by atoms with Crippen molar-refractivity contribution in [3.63, 3.8) is 0 Å². The van der Waals surface area contributed by atoms with Crippen LogP contribution in [0, 0.1) is 11.8 Å². The molecule has 1 spiro atoms. The second-order valence-corrected chi connectivity index (χ2v) is 7.75. The van der Waals surface area contributed by atoms with Crippen molar-refractivity contribution in [3.8, 4) is 0 Å². The lowest BCUT2D eigenvalue weighted by atomic mass is 9.70. The smallest absolute Gasteiger partial charge is 0.312 e. The molecular formula is C17H26O5. The predicted octanol–water partition coefficient (Wildman–Crippen LogP) is 2.52. The average Bonchev–Trinajstić information content (AvgIpc) is 2.77. The summed E-state index contributed by atoms with van der Waals surface area (Å²) >= 11 is 0. The third-order valence-electron chi connectivity index (χ3n) is 5.24. The zero-order valence-corrected chi connectivity index (χ0v) is 13.8. The van der Waals surface area contributed by atoms with Gasteiger partial charge in [0.2, 0.25) is 0 Å². The predicted molar refractivity (Wildman–Crippen MR) is 79.7 cm³/mol. The first-order chi connectivity index (χ1) is 10.2. The lowest BCUT2D eigenvalue weighted by Gasteiger charge is -2.40. The Kier molecular flexibility index (Phi) is 3.66. The Morgan fingerprint density at radius 1 is 1.41 bits per heavy atom. The zero-order chi connectivity index (χ0) is 16.2. The van der Waals surface area contributed by atoms with E-state index in [4.69, 9.17) is 14.5 Å². The highest BCUT2D eigenvalue weighted by Crippen LogP contribution is 2.60. The monoisotopic (exact) mass is 310 g/mol. The summed E-state index contributed by atoms with van der Waals surface area (Å²) in [6, 6.07) is 0. The van der Waals surface area contributed by atoms with Crippen LogP contribution in [0.2, 0.25) is 0 Å². The summed E-state index contributed by atoms with van der Waals surface area (Å²) in [6.07, 6.45) is 6.02. The number of hydrogen-bond acceptors (Lipinski definition) is 5. The first kappa shape index (κ1) is 16.0. The summed E-state index contributed by atoms with van der Waals surface area (Å²) in [6.45, 7) is 7.67. The van der Waals surface area contributed by atoms with Crippen molar-refractivity contribution in [2.24, 2.45) is 11.8 Å². The SMILES string of the molecule is CCC1C(=O)O[C@]23CC=CC[C@@H]2[C@H](OOC(C)(C)C)C[C@]13O. The maximum Gasteiger partial charge on any atom is 0.312 e. The normalized spacial score (nSPS) is 43.9. The fourth-order valence-electron chi connectivity index (χ4n) is 4.31. The number of allylic oxidation sites excluding steroid dienone is 1. The first-order valence-corrected chi connectivity index (χ1v) is 8.18. The van der Waals surface area contributed by atoms with Crippen LogP contribution in [0.3, 0.4) is 0 Å². The molecule has 1 aliphatic heterocycles. The second-order valence-electron chi connectivity index (χ2n) is 7.75. The molecule has 5 nitrogen and oxygen atoms in total. The maximum atomic E-state index is 12.2. The summed E-state index contributed by atoms with van der Waals surface area (Å²) in [7, 11) is 0. The third-order valence-corrected chi connectivity index (χ3v) is 5.24. The van der Waals surface area contributed by atoms with Crippen molar-refractivity contribution in [2.75, 3.05) is 0 Å². The molecule has 0 aromatic heterocycles. The highest BCUT2D eigenvalue weighted by molar-refractivity contribution is 5.78. The van der Waals surface area contributed by atoms with Crippen molar-refractivity contribution in [3.05, 3.63) is 12.2 Å². The number of hydrogen-bond donors (Lipinski definition) is 1. The number of carbonyl (C=O) groups is 1. The van der Waals surface area contributed by atoms with Gasteiger partial charge in [-0.15, -0.1) is 0 Å². The van der Waals surface area contributed by atoms with Crippen LogP contribution in [0.15, 0.2) is 12.2 Å². The van der Waals surface area contributed by atoms with E-state index >= 15 is 0 Å². The fraction of sp³-hybridized carbons (Fsp3) is 0.824. The lowest BCUT2D eigenvalue weighted by molar-refractivity contribution is -0.380. The average molecular weight is 310 g/mol. The van der Waals surface area contributed by atoms with E-state index in [1.165, 1.54) is 0 Å². The topological polar surface area (TPSA) is 65.0 Å². The minimum Gasteiger partial charge on any atom is -0.455 e. The van der Waals surface area contributed by atoms with E-state index in [1.807, 2.05) is 33.8 Å². The molecule has 1 saturated carbocycles. The largest absolute Gasteiger partial charge is 0.455 e. The Balaban J connectivity index is 1.91. The molecule has 3 rings (SSSR count). The Bertz CT molecular complexity index is 494. The molecule has 0 bridgehead atoms.